The van der Waals surface area contributed by atoms with Gasteiger partial charge in [-0.3, -0.25) is 0 Å². The number of alkyl halides is 2. The van der Waals surface area contributed by atoms with Gasteiger partial charge in [-0.25, -0.2) is 8.78 Å². The van der Waals surface area contributed by atoms with Crippen LogP contribution in [0.5, 0.6) is 0 Å². The number of halogens is 2. The van der Waals surface area contributed by atoms with E-state index in [1.54, 1.807) is 0 Å². The summed E-state index contributed by atoms with van der Waals surface area (Å²) >= 11 is 0. The maximum Gasteiger partial charge on any atom is 0.264 e. The minimum atomic E-state index is -2.78. The van der Waals surface area contributed by atoms with E-state index in [-0.39, 0.29) is 23.6 Å². The Hall–Kier alpha value is -1.04. The van der Waals surface area contributed by atoms with Crippen LogP contribution in [0.1, 0.15) is 37.9 Å². The molecule has 90 valence electrons. The summed E-state index contributed by atoms with van der Waals surface area (Å²) < 4.78 is 29.0. The highest BCUT2D eigenvalue weighted by atomic mass is 19.3. The molecule has 1 aromatic rings. The zero-order chi connectivity index (χ0) is 11.9. The minimum Gasteiger partial charge on any atom is -0.387 e. The Kier molecular flexibility index (Phi) is 2.69. The van der Waals surface area contributed by atoms with E-state index in [9.17, 15) is 8.78 Å². The van der Waals surface area contributed by atoms with Crippen molar-refractivity contribution < 1.29 is 18.4 Å². The molecule has 4 nitrogen and oxygen atoms in total. The third kappa shape index (κ3) is 2.21. The fourth-order valence-electron chi connectivity index (χ4n) is 1.67. The molecule has 0 bridgehead atoms. The summed E-state index contributed by atoms with van der Waals surface area (Å²) in [7, 11) is 0. The number of aromatic nitrogens is 2. The zero-order valence-corrected chi connectivity index (χ0v) is 9.15. The van der Waals surface area contributed by atoms with E-state index < -0.39 is 12.5 Å². The molecule has 1 N–H and O–H groups in total. The van der Waals surface area contributed by atoms with Gasteiger partial charge in [0.25, 0.3) is 6.43 Å². The lowest BCUT2D eigenvalue weighted by Gasteiger charge is -2.04. The third-order valence-electron chi connectivity index (χ3n) is 2.98. The predicted molar refractivity (Wildman–Crippen MR) is 51.2 cm³/mol. The van der Waals surface area contributed by atoms with Gasteiger partial charge in [-0.05, 0) is 11.8 Å². The van der Waals surface area contributed by atoms with E-state index in [1.807, 2.05) is 0 Å². The number of aliphatic hydroxyl groups excluding tert-OH is 1. The molecule has 0 aliphatic heterocycles. The average molecular weight is 232 g/mol. The molecule has 0 saturated heterocycles. The van der Waals surface area contributed by atoms with Crippen molar-refractivity contribution in [3.8, 4) is 0 Å². The Labute approximate surface area is 91.7 Å². The molecular weight excluding hydrogens is 218 g/mol. The van der Waals surface area contributed by atoms with E-state index in [2.05, 4.69) is 24.0 Å². The number of nitrogens with zero attached hydrogens (tertiary/aromatic N) is 2. The van der Waals surface area contributed by atoms with Crippen LogP contribution in [0.2, 0.25) is 0 Å². The molecule has 1 heterocycles. The molecule has 1 aromatic heterocycles. The van der Waals surface area contributed by atoms with Crippen LogP contribution in [0, 0.1) is 5.41 Å². The van der Waals surface area contributed by atoms with Crippen LogP contribution in [-0.2, 0) is 6.42 Å². The second kappa shape index (κ2) is 3.76. The maximum absolute atomic E-state index is 12.1. The predicted octanol–water partition coefficient (Wildman–Crippen LogP) is 1.75. The van der Waals surface area contributed by atoms with Gasteiger partial charge in [-0.15, -0.1) is 0 Å². The molecule has 1 saturated carbocycles. The van der Waals surface area contributed by atoms with Gasteiger partial charge >= 0.3 is 0 Å². The zero-order valence-electron chi connectivity index (χ0n) is 9.15. The molecule has 16 heavy (non-hydrogen) atoms. The Morgan fingerprint density at radius 2 is 2.19 bits per heavy atom. The van der Waals surface area contributed by atoms with Gasteiger partial charge in [-0.2, -0.15) is 4.98 Å². The maximum atomic E-state index is 12.1. The van der Waals surface area contributed by atoms with Crippen molar-refractivity contribution in [1.82, 2.24) is 10.1 Å². The lowest BCUT2D eigenvalue weighted by molar-refractivity contribution is -0.00754. The van der Waals surface area contributed by atoms with Crippen LogP contribution in [0.3, 0.4) is 0 Å². The van der Waals surface area contributed by atoms with Gasteiger partial charge < -0.3 is 9.63 Å². The highest BCUT2D eigenvalue weighted by molar-refractivity contribution is 5.14. The smallest absolute Gasteiger partial charge is 0.264 e. The van der Waals surface area contributed by atoms with Crippen LogP contribution in [0.15, 0.2) is 4.52 Å². The van der Waals surface area contributed by atoms with Gasteiger partial charge in [0.15, 0.2) is 5.82 Å². The van der Waals surface area contributed by atoms with Crippen LogP contribution in [0.4, 0.5) is 8.78 Å². The van der Waals surface area contributed by atoms with Gasteiger partial charge in [-0.1, -0.05) is 19.0 Å². The van der Waals surface area contributed by atoms with Crippen LogP contribution in [0.25, 0.3) is 0 Å². The van der Waals surface area contributed by atoms with Crippen molar-refractivity contribution in [3.05, 3.63) is 11.7 Å². The normalized spacial score (nSPS) is 24.8. The Balaban J connectivity index is 1.98. The van der Waals surface area contributed by atoms with Crippen molar-refractivity contribution in [3.63, 3.8) is 0 Å². The van der Waals surface area contributed by atoms with Crippen LogP contribution < -0.4 is 0 Å². The van der Waals surface area contributed by atoms with Gasteiger partial charge in [0.05, 0.1) is 6.42 Å². The molecule has 0 spiro atoms. The van der Waals surface area contributed by atoms with Crippen molar-refractivity contribution in [2.45, 2.75) is 45.1 Å². The van der Waals surface area contributed by atoms with Gasteiger partial charge in [0, 0.05) is 5.92 Å². The van der Waals surface area contributed by atoms with E-state index in [0.29, 0.717) is 5.82 Å². The SMILES string of the molecule is CC1(C)CC1c1noc(CC(O)C(F)F)n1. The summed E-state index contributed by atoms with van der Waals surface area (Å²) in [4.78, 5) is 4.02. The van der Waals surface area contributed by atoms with Crippen molar-refractivity contribution in [2.24, 2.45) is 5.41 Å². The summed E-state index contributed by atoms with van der Waals surface area (Å²) in [6, 6.07) is 0. The second-order valence-corrected chi connectivity index (χ2v) is 4.90. The van der Waals surface area contributed by atoms with Crippen LogP contribution >= 0.6 is 0 Å². The first-order valence-corrected chi connectivity index (χ1v) is 5.19. The number of aliphatic hydroxyl groups is 1. The molecule has 0 aromatic carbocycles. The fourth-order valence-corrected chi connectivity index (χ4v) is 1.67. The summed E-state index contributed by atoms with van der Waals surface area (Å²) in [6.07, 6.45) is -3.84. The lowest BCUT2D eigenvalue weighted by Crippen LogP contribution is -2.20. The molecule has 6 heteroatoms. The first-order chi connectivity index (χ1) is 7.40. The Morgan fingerprint density at radius 1 is 1.56 bits per heavy atom. The van der Waals surface area contributed by atoms with E-state index in [4.69, 9.17) is 9.63 Å². The molecule has 1 aliphatic rings. The highest BCUT2D eigenvalue weighted by Gasteiger charge is 2.49. The van der Waals surface area contributed by atoms with Gasteiger partial charge in [0.1, 0.15) is 6.10 Å². The summed E-state index contributed by atoms with van der Waals surface area (Å²) in [5.41, 5.74) is 0.169. The topological polar surface area (TPSA) is 59.2 Å². The van der Waals surface area contributed by atoms with E-state index >= 15 is 0 Å². The Bertz CT molecular complexity index is 379. The average Bonchev–Trinajstić information content (AvgIpc) is 2.60. The largest absolute Gasteiger partial charge is 0.387 e. The molecule has 1 fully saturated rings. The highest BCUT2D eigenvalue weighted by Crippen LogP contribution is 2.57. The van der Waals surface area contributed by atoms with Crippen molar-refractivity contribution in [1.29, 1.82) is 0 Å². The number of hydrogen-bond donors (Lipinski definition) is 1. The number of rotatable bonds is 4. The minimum absolute atomic E-state index is 0.0745. The molecule has 2 rings (SSSR count). The summed E-state index contributed by atoms with van der Waals surface area (Å²) in [5.74, 6) is 0.876. The molecular formula is C10H14F2N2O2. The quantitative estimate of drug-likeness (QED) is 0.859. The first kappa shape index (κ1) is 11.4. The number of hydrogen-bond acceptors (Lipinski definition) is 4. The molecule has 2 atom stereocenters. The molecule has 2 unspecified atom stereocenters. The van der Waals surface area contributed by atoms with E-state index in [0.717, 1.165) is 6.42 Å². The van der Waals surface area contributed by atoms with Crippen molar-refractivity contribution in [2.75, 3.05) is 0 Å². The monoisotopic (exact) mass is 232 g/mol. The first-order valence-electron chi connectivity index (χ1n) is 5.19. The summed E-state index contributed by atoms with van der Waals surface area (Å²) in [6.45, 7) is 4.17. The Morgan fingerprint density at radius 3 is 2.69 bits per heavy atom. The molecule has 0 radical (unpaired) electrons. The van der Waals surface area contributed by atoms with Crippen LogP contribution in [-0.4, -0.2) is 27.8 Å². The second-order valence-electron chi connectivity index (χ2n) is 4.90. The third-order valence-corrected chi connectivity index (χ3v) is 2.98. The van der Waals surface area contributed by atoms with Gasteiger partial charge in [0.2, 0.25) is 5.89 Å². The molecule has 0 amide bonds. The molecule has 1 aliphatic carbocycles. The standard InChI is InChI=1S/C10H14F2N2O2/c1-10(2)4-5(10)9-13-7(16-14-9)3-6(15)8(11)12/h5-6,8,15H,3-4H2,1-2H3. The van der Waals surface area contributed by atoms with Crippen molar-refractivity contribution >= 4 is 0 Å². The van der Waals surface area contributed by atoms with E-state index in [1.165, 1.54) is 0 Å². The lowest BCUT2D eigenvalue weighted by atomic mass is 10.1. The fraction of sp³-hybridized carbons (Fsp3) is 0.800. The summed E-state index contributed by atoms with van der Waals surface area (Å²) in [5, 5.41) is 12.7.